The van der Waals surface area contributed by atoms with Crippen molar-refractivity contribution < 1.29 is 9.53 Å². The maximum Gasteiger partial charge on any atom is 0.319 e. The second-order valence-corrected chi connectivity index (χ2v) is 9.26. The summed E-state index contributed by atoms with van der Waals surface area (Å²) < 4.78 is 7.32. The van der Waals surface area contributed by atoms with E-state index >= 15 is 0 Å². The molecule has 0 saturated heterocycles. The molecule has 7 nitrogen and oxygen atoms in total. The fourth-order valence-electron chi connectivity index (χ4n) is 3.53. The van der Waals surface area contributed by atoms with Gasteiger partial charge in [-0.2, -0.15) is 0 Å². The number of anilines is 1. The number of ether oxygens (including phenoxy) is 1. The van der Waals surface area contributed by atoms with E-state index in [1.807, 2.05) is 73.9 Å². The predicted octanol–water partition coefficient (Wildman–Crippen LogP) is 5.82. The van der Waals surface area contributed by atoms with Crippen molar-refractivity contribution in [1.29, 1.82) is 0 Å². The Bertz CT molecular complexity index is 1320. The summed E-state index contributed by atoms with van der Waals surface area (Å²) >= 11 is 1.58. The van der Waals surface area contributed by atoms with Gasteiger partial charge in [0.2, 0.25) is 0 Å². The molecule has 8 heteroatoms. The van der Waals surface area contributed by atoms with Gasteiger partial charge in [-0.15, -0.1) is 10.2 Å². The van der Waals surface area contributed by atoms with Gasteiger partial charge in [-0.25, -0.2) is 4.79 Å². The molecular weight excluding hydrogens is 458 g/mol. The molecule has 1 aromatic heterocycles. The van der Waals surface area contributed by atoms with Gasteiger partial charge in [-0.05, 0) is 73.9 Å². The minimum Gasteiger partial charge on any atom is -0.497 e. The number of nitrogens with one attached hydrogen (secondary N) is 2. The van der Waals surface area contributed by atoms with Crippen molar-refractivity contribution in [3.05, 3.63) is 94.8 Å². The van der Waals surface area contributed by atoms with Gasteiger partial charge in [0.05, 0.1) is 13.7 Å². The molecule has 1 heterocycles. The van der Waals surface area contributed by atoms with Gasteiger partial charge in [0, 0.05) is 17.1 Å². The van der Waals surface area contributed by atoms with Crippen molar-refractivity contribution in [2.24, 2.45) is 0 Å². The molecule has 180 valence electrons. The summed E-state index contributed by atoms with van der Waals surface area (Å²) in [6.45, 7) is 6.35. The van der Waals surface area contributed by atoms with E-state index in [1.54, 1.807) is 18.9 Å². The van der Waals surface area contributed by atoms with E-state index in [4.69, 9.17) is 4.74 Å². The highest BCUT2D eigenvalue weighted by Gasteiger charge is 2.16. The molecular formula is C27H29N5O2S. The smallest absolute Gasteiger partial charge is 0.319 e. The number of urea groups is 1. The van der Waals surface area contributed by atoms with E-state index in [9.17, 15) is 4.79 Å². The van der Waals surface area contributed by atoms with Crippen molar-refractivity contribution >= 4 is 23.5 Å². The summed E-state index contributed by atoms with van der Waals surface area (Å²) in [5, 5.41) is 15.4. The zero-order valence-corrected chi connectivity index (χ0v) is 21.1. The molecule has 0 fully saturated rings. The molecule has 0 spiro atoms. The summed E-state index contributed by atoms with van der Waals surface area (Å²) in [5.41, 5.74) is 6.29. The number of hydrogen-bond donors (Lipinski definition) is 2. The highest BCUT2D eigenvalue weighted by atomic mass is 32.2. The number of methoxy groups -OCH3 is 1. The van der Waals surface area contributed by atoms with Crippen molar-refractivity contribution in [3.8, 4) is 11.4 Å². The minimum absolute atomic E-state index is 0.233. The topological polar surface area (TPSA) is 81.1 Å². The van der Waals surface area contributed by atoms with Gasteiger partial charge >= 0.3 is 6.03 Å². The first-order valence-corrected chi connectivity index (χ1v) is 12.3. The van der Waals surface area contributed by atoms with E-state index in [0.717, 1.165) is 33.4 Å². The number of thioether (sulfide) groups is 1. The van der Waals surface area contributed by atoms with Crippen LogP contribution in [0.4, 0.5) is 10.5 Å². The van der Waals surface area contributed by atoms with Crippen LogP contribution >= 0.6 is 11.8 Å². The van der Waals surface area contributed by atoms with Crippen molar-refractivity contribution in [3.63, 3.8) is 0 Å². The van der Waals surface area contributed by atoms with Gasteiger partial charge in [-0.3, -0.25) is 4.57 Å². The molecule has 0 bridgehead atoms. The second kappa shape index (κ2) is 11.1. The molecule has 0 aliphatic carbocycles. The molecule has 35 heavy (non-hydrogen) atoms. The van der Waals surface area contributed by atoms with Crippen LogP contribution in [-0.2, 0) is 12.3 Å². The first-order valence-electron chi connectivity index (χ1n) is 11.3. The average Bonchev–Trinajstić information content (AvgIpc) is 3.27. The normalized spacial score (nSPS) is 10.7. The van der Waals surface area contributed by atoms with Crippen molar-refractivity contribution in [2.75, 3.05) is 12.4 Å². The lowest BCUT2D eigenvalue weighted by Gasteiger charge is -2.12. The third-order valence-corrected chi connectivity index (χ3v) is 6.67. The molecule has 0 unspecified atom stereocenters. The molecule has 4 aromatic rings. The maximum atomic E-state index is 12.6. The van der Waals surface area contributed by atoms with E-state index in [-0.39, 0.29) is 12.6 Å². The monoisotopic (exact) mass is 487 g/mol. The van der Waals surface area contributed by atoms with Crippen LogP contribution in [0.15, 0.2) is 71.9 Å². The van der Waals surface area contributed by atoms with Crippen LogP contribution in [0.25, 0.3) is 5.69 Å². The summed E-state index contributed by atoms with van der Waals surface area (Å²) in [7, 11) is 1.66. The predicted molar refractivity (Wildman–Crippen MR) is 140 cm³/mol. The van der Waals surface area contributed by atoms with E-state index in [1.165, 1.54) is 11.1 Å². The SMILES string of the molecule is COc1cccc(CSc2nnc(CNC(=O)Nc3ccc(C)c(C)c3)n2-c2ccc(C)cc2)c1. The first kappa shape index (κ1) is 24.3. The Morgan fingerprint density at radius 2 is 1.77 bits per heavy atom. The number of hydrogen-bond acceptors (Lipinski definition) is 5. The number of benzene rings is 3. The quantitative estimate of drug-likeness (QED) is 0.306. The van der Waals surface area contributed by atoms with E-state index < -0.39 is 0 Å². The Hall–Kier alpha value is -3.78. The number of amides is 2. The Labute approximate surface area is 209 Å². The molecule has 4 rings (SSSR count). The van der Waals surface area contributed by atoms with E-state index in [2.05, 4.69) is 39.0 Å². The molecule has 0 aliphatic rings. The molecule has 0 aliphatic heterocycles. The summed E-state index contributed by atoms with van der Waals surface area (Å²) in [4.78, 5) is 12.6. The maximum absolute atomic E-state index is 12.6. The third-order valence-electron chi connectivity index (χ3n) is 5.67. The average molecular weight is 488 g/mol. The molecule has 2 N–H and O–H groups in total. The lowest BCUT2D eigenvalue weighted by Crippen LogP contribution is -2.29. The van der Waals surface area contributed by atoms with Gasteiger partial charge in [0.25, 0.3) is 0 Å². The highest BCUT2D eigenvalue weighted by molar-refractivity contribution is 7.98. The van der Waals surface area contributed by atoms with Crippen LogP contribution in [0.3, 0.4) is 0 Å². The lowest BCUT2D eigenvalue weighted by molar-refractivity contribution is 0.251. The fraction of sp³-hybridized carbons (Fsp3) is 0.222. The van der Waals surface area contributed by atoms with E-state index in [0.29, 0.717) is 11.6 Å². The standard InChI is InChI=1S/C27H29N5O2S/c1-18-8-12-23(13-9-18)32-25(16-28-26(33)29-22-11-10-19(2)20(3)14-22)30-31-27(32)35-17-21-6-5-7-24(15-21)34-4/h5-15H,16-17H2,1-4H3,(H2,28,29,33). The molecule has 2 amide bonds. The largest absolute Gasteiger partial charge is 0.497 e. The molecule has 3 aromatic carbocycles. The van der Waals surface area contributed by atoms with Crippen molar-refractivity contribution in [2.45, 2.75) is 38.2 Å². The Morgan fingerprint density at radius 1 is 0.971 bits per heavy atom. The molecule has 0 atom stereocenters. The summed E-state index contributed by atoms with van der Waals surface area (Å²) in [6, 6.07) is 21.7. The van der Waals surface area contributed by atoms with Crippen LogP contribution in [0, 0.1) is 20.8 Å². The Balaban J connectivity index is 1.51. The van der Waals surface area contributed by atoms with Gasteiger partial charge in [-0.1, -0.05) is 47.7 Å². The number of aryl methyl sites for hydroxylation is 3. The number of nitrogens with zero attached hydrogens (tertiary/aromatic N) is 3. The lowest BCUT2D eigenvalue weighted by atomic mass is 10.1. The van der Waals surface area contributed by atoms with Crippen LogP contribution < -0.4 is 15.4 Å². The minimum atomic E-state index is -0.294. The molecule has 0 saturated carbocycles. The summed E-state index contributed by atoms with van der Waals surface area (Å²) in [6.07, 6.45) is 0. The van der Waals surface area contributed by atoms with Crippen LogP contribution in [0.2, 0.25) is 0 Å². The van der Waals surface area contributed by atoms with Crippen molar-refractivity contribution in [1.82, 2.24) is 20.1 Å². The zero-order valence-electron chi connectivity index (χ0n) is 20.3. The first-order chi connectivity index (χ1) is 16.9. The fourth-order valence-corrected chi connectivity index (χ4v) is 4.44. The van der Waals surface area contributed by atoms with Gasteiger partial charge in [0.1, 0.15) is 5.75 Å². The Kier molecular flexibility index (Phi) is 7.72. The van der Waals surface area contributed by atoms with Gasteiger partial charge < -0.3 is 15.4 Å². The second-order valence-electron chi connectivity index (χ2n) is 8.32. The zero-order chi connectivity index (χ0) is 24.8. The molecule has 0 radical (unpaired) electrons. The number of aromatic nitrogens is 3. The third kappa shape index (κ3) is 6.22. The number of rotatable bonds is 8. The number of carbonyl (C=O) groups is 1. The van der Waals surface area contributed by atoms with Gasteiger partial charge in [0.15, 0.2) is 11.0 Å². The van der Waals surface area contributed by atoms with Crippen LogP contribution in [0.1, 0.15) is 28.1 Å². The number of carbonyl (C=O) groups excluding carboxylic acids is 1. The summed E-state index contributed by atoms with van der Waals surface area (Å²) in [5.74, 6) is 2.18. The van der Waals surface area contributed by atoms with Crippen LogP contribution in [0.5, 0.6) is 5.75 Å². The highest BCUT2D eigenvalue weighted by Crippen LogP contribution is 2.27. The Morgan fingerprint density at radius 3 is 2.51 bits per heavy atom. The van der Waals surface area contributed by atoms with Crippen LogP contribution in [-0.4, -0.2) is 27.9 Å².